The SMILES string of the molecule is CCC(=O)Oc1ccc(Br)cc1/C=N\NC(=O)c1ccc([N+](=O)[O-])cc1. The van der Waals surface area contributed by atoms with Crippen molar-refractivity contribution >= 4 is 39.7 Å². The van der Waals surface area contributed by atoms with Crippen molar-refractivity contribution in [2.24, 2.45) is 5.10 Å². The second-order valence-electron chi connectivity index (χ2n) is 5.01. The summed E-state index contributed by atoms with van der Waals surface area (Å²) >= 11 is 3.31. The van der Waals surface area contributed by atoms with Crippen LogP contribution in [0.15, 0.2) is 52.0 Å². The molecule has 2 aromatic rings. The predicted molar refractivity (Wildman–Crippen MR) is 98.2 cm³/mol. The fourth-order valence-electron chi connectivity index (χ4n) is 1.87. The summed E-state index contributed by atoms with van der Waals surface area (Å²) in [6.45, 7) is 1.68. The van der Waals surface area contributed by atoms with E-state index in [1.807, 2.05) is 0 Å². The molecule has 1 N–H and O–H groups in total. The number of carbonyl (C=O) groups excluding carboxylic acids is 2. The average Bonchev–Trinajstić information content (AvgIpc) is 2.63. The van der Waals surface area contributed by atoms with E-state index in [2.05, 4.69) is 26.5 Å². The molecular formula is C17H14BrN3O5. The van der Waals surface area contributed by atoms with Crippen molar-refractivity contribution in [3.63, 3.8) is 0 Å². The summed E-state index contributed by atoms with van der Waals surface area (Å²) < 4.78 is 5.95. The quantitative estimate of drug-likeness (QED) is 0.253. The van der Waals surface area contributed by atoms with Crippen molar-refractivity contribution < 1.29 is 19.2 Å². The van der Waals surface area contributed by atoms with Gasteiger partial charge in [-0.15, -0.1) is 0 Å². The Morgan fingerprint density at radius 2 is 1.96 bits per heavy atom. The normalized spacial score (nSPS) is 10.5. The molecule has 0 saturated heterocycles. The van der Waals surface area contributed by atoms with Crippen LogP contribution >= 0.6 is 15.9 Å². The molecule has 0 aliphatic rings. The molecule has 1 amide bonds. The van der Waals surface area contributed by atoms with E-state index in [1.165, 1.54) is 30.5 Å². The van der Waals surface area contributed by atoms with E-state index in [1.54, 1.807) is 25.1 Å². The topological polar surface area (TPSA) is 111 Å². The maximum Gasteiger partial charge on any atom is 0.310 e. The second-order valence-corrected chi connectivity index (χ2v) is 5.93. The Hall–Kier alpha value is -3.07. The zero-order valence-corrected chi connectivity index (χ0v) is 15.2. The van der Waals surface area contributed by atoms with E-state index < -0.39 is 16.8 Å². The Balaban J connectivity index is 2.09. The van der Waals surface area contributed by atoms with E-state index in [0.717, 1.165) is 4.47 Å². The van der Waals surface area contributed by atoms with Crippen LogP contribution in [0.25, 0.3) is 0 Å². The number of benzene rings is 2. The molecule has 0 spiro atoms. The number of nitro groups is 1. The van der Waals surface area contributed by atoms with Gasteiger partial charge in [-0.1, -0.05) is 22.9 Å². The van der Waals surface area contributed by atoms with Gasteiger partial charge in [0.1, 0.15) is 5.75 Å². The molecular weight excluding hydrogens is 406 g/mol. The summed E-state index contributed by atoms with van der Waals surface area (Å²) in [6, 6.07) is 10.1. The molecule has 2 rings (SSSR count). The number of non-ortho nitro benzene ring substituents is 1. The van der Waals surface area contributed by atoms with Gasteiger partial charge in [0.15, 0.2) is 0 Å². The number of carbonyl (C=O) groups is 2. The molecule has 9 heteroatoms. The van der Waals surface area contributed by atoms with Crippen LogP contribution in [-0.2, 0) is 4.79 Å². The molecule has 26 heavy (non-hydrogen) atoms. The molecule has 0 unspecified atom stereocenters. The molecule has 8 nitrogen and oxygen atoms in total. The van der Waals surface area contributed by atoms with Crippen molar-refractivity contribution in [1.29, 1.82) is 0 Å². The Bertz CT molecular complexity index is 865. The van der Waals surface area contributed by atoms with Crippen LogP contribution < -0.4 is 10.2 Å². The van der Waals surface area contributed by atoms with Crippen molar-refractivity contribution in [1.82, 2.24) is 5.43 Å². The number of ether oxygens (including phenoxy) is 1. The van der Waals surface area contributed by atoms with E-state index in [9.17, 15) is 19.7 Å². The van der Waals surface area contributed by atoms with Gasteiger partial charge in [-0.05, 0) is 30.3 Å². The van der Waals surface area contributed by atoms with Gasteiger partial charge in [0, 0.05) is 34.2 Å². The lowest BCUT2D eigenvalue weighted by Crippen LogP contribution is -2.17. The molecule has 134 valence electrons. The number of esters is 1. The van der Waals surface area contributed by atoms with Gasteiger partial charge in [0.2, 0.25) is 0 Å². The van der Waals surface area contributed by atoms with Gasteiger partial charge in [-0.25, -0.2) is 5.43 Å². The molecule has 0 radical (unpaired) electrons. The molecule has 0 bridgehead atoms. The summed E-state index contributed by atoms with van der Waals surface area (Å²) in [5.74, 6) is -0.608. The summed E-state index contributed by atoms with van der Waals surface area (Å²) in [5, 5.41) is 14.5. The fraction of sp³-hybridized carbons (Fsp3) is 0.118. The van der Waals surface area contributed by atoms with E-state index in [0.29, 0.717) is 11.3 Å². The Labute approximate surface area is 157 Å². The number of nitrogens with zero attached hydrogens (tertiary/aromatic N) is 2. The van der Waals surface area contributed by atoms with Gasteiger partial charge in [0.05, 0.1) is 11.1 Å². The Morgan fingerprint density at radius 1 is 1.27 bits per heavy atom. The van der Waals surface area contributed by atoms with E-state index in [4.69, 9.17) is 4.74 Å². The largest absolute Gasteiger partial charge is 0.426 e. The molecule has 2 aromatic carbocycles. The van der Waals surface area contributed by atoms with Crippen molar-refractivity contribution in [2.45, 2.75) is 13.3 Å². The smallest absolute Gasteiger partial charge is 0.310 e. The van der Waals surface area contributed by atoms with Crippen LogP contribution in [0, 0.1) is 10.1 Å². The van der Waals surface area contributed by atoms with Crippen molar-refractivity contribution in [3.05, 3.63) is 68.2 Å². The minimum absolute atomic E-state index is 0.110. The lowest BCUT2D eigenvalue weighted by Gasteiger charge is -2.07. The van der Waals surface area contributed by atoms with Crippen LogP contribution in [0.2, 0.25) is 0 Å². The second kappa shape index (κ2) is 8.86. The first-order valence-electron chi connectivity index (χ1n) is 7.48. The van der Waals surface area contributed by atoms with Gasteiger partial charge in [-0.2, -0.15) is 5.10 Å². The predicted octanol–water partition coefficient (Wildman–Crippen LogP) is 3.44. The maximum atomic E-state index is 12.0. The average molecular weight is 420 g/mol. The first-order valence-corrected chi connectivity index (χ1v) is 8.28. The third-order valence-corrected chi connectivity index (χ3v) is 3.69. The third-order valence-electron chi connectivity index (χ3n) is 3.19. The highest BCUT2D eigenvalue weighted by molar-refractivity contribution is 9.10. The molecule has 0 fully saturated rings. The van der Waals surface area contributed by atoms with Gasteiger partial charge >= 0.3 is 5.97 Å². The molecule has 0 atom stereocenters. The highest BCUT2D eigenvalue weighted by Gasteiger charge is 2.10. The first kappa shape index (κ1) is 19.3. The highest BCUT2D eigenvalue weighted by Crippen LogP contribution is 2.22. The molecule has 0 aliphatic carbocycles. The van der Waals surface area contributed by atoms with E-state index in [-0.39, 0.29) is 17.7 Å². The molecule has 0 aliphatic heterocycles. The standard InChI is InChI=1S/C17H14BrN3O5/c1-2-16(22)26-15-8-5-13(18)9-12(15)10-19-20-17(23)11-3-6-14(7-4-11)21(24)25/h3-10H,2H2,1H3,(H,20,23)/b19-10-. The van der Waals surface area contributed by atoms with Gasteiger partial charge in [-0.3, -0.25) is 19.7 Å². The van der Waals surface area contributed by atoms with Crippen molar-refractivity contribution in [2.75, 3.05) is 0 Å². The fourth-order valence-corrected chi connectivity index (χ4v) is 2.25. The van der Waals surface area contributed by atoms with Crippen LogP contribution in [-0.4, -0.2) is 23.0 Å². The highest BCUT2D eigenvalue weighted by atomic mass is 79.9. The first-order chi connectivity index (χ1) is 12.4. The van der Waals surface area contributed by atoms with Crippen LogP contribution in [0.3, 0.4) is 0 Å². The van der Waals surface area contributed by atoms with Crippen LogP contribution in [0.1, 0.15) is 29.3 Å². The molecule has 0 saturated carbocycles. The zero-order chi connectivity index (χ0) is 19.1. The summed E-state index contributed by atoms with van der Waals surface area (Å²) in [6.07, 6.45) is 1.57. The maximum absolute atomic E-state index is 12.0. The van der Waals surface area contributed by atoms with E-state index >= 15 is 0 Å². The molecule has 0 aromatic heterocycles. The van der Waals surface area contributed by atoms with Crippen LogP contribution in [0.5, 0.6) is 5.75 Å². The lowest BCUT2D eigenvalue weighted by atomic mass is 10.2. The number of hydrazone groups is 1. The summed E-state index contributed by atoms with van der Waals surface area (Å²) in [7, 11) is 0. The minimum Gasteiger partial charge on any atom is -0.426 e. The number of nitrogens with one attached hydrogen (secondary N) is 1. The number of rotatable bonds is 6. The lowest BCUT2D eigenvalue weighted by molar-refractivity contribution is -0.384. The number of hydrogen-bond acceptors (Lipinski definition) is 6. The minimum atomic E-state index is -0.549. The summed E-state index contributed by atoms with van der Waals surface area (Å²) in [5.41, 5.74) is 2.92. The monoisotopic (exact) mass is 419 g/mol. The number of nitro benzene ring substituents is 1. The third kappa shape index (κ3) is 5.21. The Kier molecular flexibility index (Phi) is 6.56. The Morgan fingerprint density at radius 3 is 2.58 bits per heavy atom. The van der Waals surface area contributed by atoms with Gasteiger partial charge in [0.25, 0.3) is 11.6 Å². The van der Waals surface area contributed by atoms with Gasteiger partial charge < -0.3 is 4.74 Å². The number of hydrogen-bond donors (Lipinski definition) is 1. The van der Waals surface area contributed by atoms with Crippen LogP contribution in [0.4, 0.5) is 5.69 Å². The van der Waals surface area contributed by atoms with Crippen molar-refractivity contribution in [3.8, 4) is 5.75 Å². The summed E-state index contributed by atoms with van der Waals surface area (Å²) in [4.78, 5) is 33.5. The molecule has 0 heterocycles. The number of amides is 1. The number of halogens is 1. The zero-order valence-electron chi connectivity index (χ0n) is 13.6.